The Bertz CT molecular complexity index is 596. The Morgan fingerprint density at radius 1 is 1.33 bits per heavy atom. The summed E-state index contributed by atoms with van der Waals surface area (Å²) in [7, 11) is 2.03. The maximum Gasteiger partial charge on any atom is 0.145 e. The van der Waals surface area contributed by atoms with Crippen molar-refractivity contribution in [2.45, 2.75) is 25.2 Å². The summed E-state index contributed by atoms with van der Waals surface area (Å²) in [5, 5.41) is 0. The molecule has 21 heavy (non-hydrogen) atoms. The molecular formula is C15H20N6. The van der Waals surface area contributed by atoms with Gasteiger partial charge in [-0.25, -0.2) is 15.8 Å². The first-order valence-corrected chi connectivity index (χ1v) is 7.23. The van der Waals surface area contributed by atoms with E-state index in [1.165, 1.54) is 12.8 Å². The average molecular weight is 284 g/mol. The van der Waals surface area contributed by atoms with Crippen LogP contribution in [-0.2, 0) is 6.42 Å². The first-order valence-electron chi connectivity index (χ1n) is 7.23. The lowest BCUT2D eigenvalue weighted by Crippen LogP contribution is -2.23. The van der Waals surface area contributed by atoms with E-state index in [1.807, 2.05) is 37.5 Å². The van der Waals surface area contributed by atoms with Crippen molar-refractivity contribution >= 4 is 11.6 Å². The zero-order valence-electron chi connectivity index (χ0n) is 12.2. The number of hydrazine groups is 1. The van der Waals surface area contributed by atoms with Crippen LogP contribution in [0.15, 0.2) is 30.5 Å². The molecular weight excluding hydrogens is 264 g/mol. The van der Waals surface area contributed by atoms with E-state index < -0.39 is 0 Å². The molecule has 2 aromatic heterocycles. The van der Waals surface area contributed by atoms with Gasteiger partial charge in [-0.1, -0.05) is 6.07 Å². The van der Waals surface area contributed by atoms with Crippen molar-refractivity contribution in [1.29, 1.82) is 0 Å². The number of hydrogen-bond acceptors (Lipinski definition) is 6. The van der Waals surface area contributed by atoms with Crippen LogP contribution in [0, 0.1) is 0 Å². The second kappa shape index (κ2) is 6.05. The van der Waals surface area contributed by atoms with Gasteiger partial charge in [-0.3, -0.25) is 4.98 Å². The van der Waals surface area contributed by atoms with Crippen LogP contribution in [0.2, 0.25) is 0 Å². The quantitative estimate of drug-likeness (QED) is 0.621. The zero-order chi connectivity index (χ0) is 14.7. The maximum atomic E-state index is 5.50. The van der Waals surface area contributed by atoms with Gasteiger partial charge in [-0.2, -0.15) is 0 Å². The molecule has 0 radical (unpaired) electrons. The molecule has 3 rings (SSSR count). The molecule has 1 fully saturated rings. The molecule has 1 aliphatic carbocycles. The van der Waals surface area contributed by atoms with E-state index in [0.717, 1.165) is 30.3 Å². The fourth-order valence-electron chi connectivity index (χ4n) is 2.19. The molecule has 0 unspecified atom stereocenters. The molecule has 1 aliphatic rings. The molecule has 110 valence electrons. The highest BCUT2D eigenvalue weighted by Gasteiger charge is 2.27. The van der Waals surface area contributed by atoms with Gasteiger partial charge in [0.25, 0.3) is 0 Å². The number of aromatic nitrogens is 3. The van der Waals surface area contributed by atoms with Gasteiger partial charge in [0.2, 0.25) is 0 Å². The Labute approximate surface area is 124 Å². The van der Waals surface area contributed by atoms with E-state index in [2.05, 4.69) is 25.3 Å². The number of pyridine rings is 1. The van der Waals surface area contributed by atoms with Gasteiger partial charge >= 0.3 is 0 Å². The van der Waals surface area contributed by atoms with Gasteiger partial charge in [0.05, 0.1) is 0 Å². The second-order valence-corrected chi connectivity index (χ2v) is 5.38. The summed E-state index contributed by atoms with van der Waals surface area (Å²) >= 11 is 0. The molecule has 0 aliphatic heterocycles. The van der Waals surface area contributed by atoms with Crippen molar-refractivity contribution in [3.8, 4) is 0 Å². The Morgan fingerprint density at radius 3 is 2.86 bits per heavy atom. The highest BCUT2D eigenvalue weighted by molar-refractivity contribution is 5.49. The van der Waals surface area contributed by atoms with Crippen molar-refractivity contribution < 1.29 is 0 Å². The lowest BCUT2D eigenvalue weighted by atomic mass is 10.2. The fraction of sp³-hybridized carbons (Fsp3) is 0.400. The predicted molar refractivity (Wildman–Crippen MR) is 83.0 cm³/mol. The monoisotopic (exact) mass is 284 g/mol. The van der Waals surface area contributed by atoms with Gasteiger partial charge < -0.3 is 10.3 Å². The van der Waals surface area contributed by atoms with Gasteiger partial charge in [0, 0.05) is 43.9 Å². The van der Waals surface area contributed by atoms with E-state index in [4.69, 9.17) is 5.84 Å². The molecule has 0 atom stereocenters. The first kappa shape index (κ1) is 13.8. The number of nitrogen functional groups attached to an aromatic ring is 1. The lowest BCUT2D eigenvalue weighted by molar-refractivity contribution is 0.820. The Hall–Kier alpha value is -2.21. The number of anilines is 2. The molecule has 6 heteroatoms. The maximum absolute atomic E-state index is 5.50. The van der Waals surface area contributed by atoms with Gasteiger partial charge in [0.1, 0.15) is 17.5 Å². The van der Waals surface area contributed by atoms with Crippen LogP contribution in [0.1, 0.15) is 30.3 Å². The minimum absolute atomic E-state index is 0.501. The van der Waals surface area contributed by atoms with E-state index in [0.29, 0.717) is 11.7 Å². The first-order chi connectivity index (χ1) is 10.3. The number of nitrogens with two attached hydrogens (primary N) is 1. The Morgan fingerprint density at radius 2 is 2.19 bits per heavy atom. The molecule has 0 aromatic carbocycles. The summed E-state index contributed by atoms with van der Waals surface area (Å²) in [6, 6.07) is 7.86. The van der Waals surface area contributed by atoms with E-state index >= 15 is 0 Å². The Kier molecular flexibility index (Phi) is 3.96. The van der Waals surface area contributed by atoms with E-state index in [-0.39, 0.29) is 0 Å². The molecule has 3 N–H and O–H groups in total. The largest absolute Gasteiger partial charge is 0.359 e. The summed E-state index contributed by atoms with van der Waals surface area (Å²) in [5.41, 5.74) is 3.71. The van der Waals surface area contributed by atoms with Gasteiger partial charge in [-0.15, -0.1) is 0 Å². The molecule has 2 aromatic rings. The summed E-state index contributed by atoms with van der Waals surface area (Å²) in [6.45, 7) is 0.849. The van der Waals surface area contributed by atoms with Crippen LogP contribution in [0.4, 0.5) is 11.6 Å². The predicted octanol–water partition coefficient (Wildman–Crippen LogP) is 1.71. The summed E-state index contributed by atoms with van der Waals surface area (Å²) in [4.78, 5) is 15.5. The summed E-state index contributed by atoms with van der Waals surface area (Å²) in [5.74, 6) is 8.47. The van der Waals surface area contributed by atoms with E-state index in [1.54, 1.807) is 0 Å². The Balaban J connectivity index is 1.71. The summed E-state index contributed by atoms with van der Waals surface area (Å²) < 4.78 is 0. The smallest absolute Gasteiger partial charge is 0.145 e. The van der Waals surface area contributed by atoms with Gasteiger partial charge in [-0.05, 0) is 25.0 Å². The standard InChI is InChI=1S/C15H20N6/c1-21(9-7-12-4-2-3-8-17-12)14-10-13(20-16)18-15(19-14)11-5-6-11/h2-4,8,10-11H,5-7,9,16H2,1H3,(H,18,19,20). The van der Waals surface area contributed by atoms with Crippen LogP contribution in [0.5, 0.6) is 0 Å². The number of likely N-dealkylation sites (N-methyl/N-ethyl adjacent to an activating group) is 1. The molecule has 0 amide bonds. The highest BCUT2D eigenvalue weighted by Crippen LogP contribution is 2.39. The third-order valence-corrected chi connectivity index (χ3v) is 3.64. The van der Waals surface area contributed by atoms with Crippen molar-refractivity contribution in [3.05, 3.63) is 42.0 Å². The van der Waals surface area contributed by atoms with Crippen LogP contribution in [-0.4, -0.2) is 28.5 Å². The molecule has 0 bridgehead atoms. The third-order valence-electron chi connectivity index (χ3n) is 3.64. The number of nitrogens with zero attached hydrogens (tertiary/aromatic N) is 4. The van der Waals surface area contributed by atoms with Crippen molar-refractivity contribution in [2.24, 2.45) is 5.84 Å². The molecule has 6 nitrogen and oxygen atoms in total. The van der Waals surface area contributed by atoms with Crippen LogP contribution in [0.25, 0.3) is 0 Å². The fourth-order valence-corrected chi connectivity index (χ4v) is 2.19. The minimum atomic E-state index is 0.501. The van der Waals surface area contributed by atoms with Crippen LogP contribution < -0.4 is 16.2 Å². The molecule has 0 spiro atoms. The number of hydrogen-bond donors (Lipinski definition) is 2. The van der Waals surface area contributed by atoms with E-state index in [9.17, 15) is 0 Å². The van der Waals surface area contributed by atoms with Crippen molar-refractivity contribution in [3.63, 3.8) is 0 Å². The van der Waals surface area contributed by atoms with Crippen molar-refractivity contribution in [1.82, 2.24) is 15.0 Å². The molecule has 1 saturated carbocycles. The topological polar surface area (TPSA) is 80.0 Å². The number of nitrogens with one attached hydrogen (secondary N) is 1. The molecule has 2 heterocycles. The molecule has 0 saturated heterocycles. The zero-order valence-corrected chi connectivity index (χ0v) is 12.2. The van der Waals surface area contributed by atoms with Gasteiger partial charge in [0.15, 0.2) is 0 Å². The normalized spacial score (nSPS) is 14.0. The lowest BCUT2D eigenvalue weighted by Gasteiger charge is -2.19. The van der Waals surface area contributed by atoms with Crippen LogP contribution >= 0.6 is 0 Å². The number of rotatable bonds is 6. The second-order valence-electron chi connectivity index (χ2n) is 5.38. The third kappa shape index (κ3) is 3.46. The van der Waals surface area contributed by atoms with Crippen LogP contribution in [0.3, 0.4) is 0 Å². The van der Waals surface area contributed by atoms with Crippen molar-refractivity contribution in [2.75, 3.05) is 23.9 Å². The highest BCUT2D eigenvalue weighted by atomic mass is 15.3. The average Bonchev–Trinajstić information content (AvgIpc) is 3.38. The minimum Gasteiger partial charge on any atom is -0.359 e. The SMILES string of the molecule is CN(CCc1ccccn1)c1cc(NN)nc(C2CC2)n1. The summed E-state index contributed by atoms with van der Waals surface area (Å²) in [6.07, 6.45) is 5.05.